The van der Waals surface area contributed by atoms with Gasteiger partial charge in [0.25, 0.3) is 5.91 Å². The Labute approximate surface area is 166 Å². The van der Waals surface area contributed by atoms with Crippen molar-refractivity contribution in [2.45, 2.75) is 51.0 Å². The summed E-state index contributed by atoms with van der Waals surface area (Å²) in [7, 11) is 0. The molecule has 2 aromatic rings. The number of aryl methyl sites for hydroxylation is 1. The number of piperidine rings is 1. The van der Waals surface area contributed by atoms with E-state index < -0.39 is 0 Å². The van der Waals surface area contributed by atoms with Crippen molar-refractivity contribution < 1.29 is 4.79 Å². The van der Waals surface area contributed by atoms with Crippen LogP contribution in [0.15, 0.2) is 16.7 Å². The molecule has 1 amide bonds. The fourth-order valence-corrected chi connectivity index (χ4v) is 4.44. The van der Waals surface area contributed by atoms with Crippen LogP contribution >= 0.6 is 27.5 Å². The Bertz CT molecular complexity index is 824. The first-order valence-electron chi connectivity index (χ1n) is 9.16. The second-order valence-electron chi connectivity index (χ2n) is 7.02. The molecule has 0 radical (unpaired) electrons. The van der Waals surface area contributed by atoms with Crippen LogP contribution in [0.3, 0.4) is 0 Å². The maximum atomic E-state index is 13.0. The van der Waals surface area contributed by atoms with Gasteiger partial charge in [-0.25, -0.2) is 4.98 Å². The molecule has 0 aromatic carbocycles. The van der Waals surface area contributed by atoms with Gasteiger partial charge in [-0.3, -0.25) is 4.79 Å². The molecule has 1 fully saturated rings. The van der Waals surface area contributed by atoms with Gasteiger partial charge >= 0.3 is 0 Å². The summed E-state index contributed by atoms with van der Waals surface area (Å²) >= 11 is 9.52. The standard InChI is InChI=1S/C18H21BrClN5O/c19-13-9-14(16(20)21-10-13)18(26)24-7-4-5-12(11-24)17-23-22-15-6-2-1-3-8-25(15)17/h9-10,12H,1-8,11H2. The van der Waals surface area contributed by atoms with E-state index in [0.717, 1.165) is 48.5 Å². The number of hydrogen-bond acceptors (Lipinski definition) is 4. The number of carbonyl (C=O) groups excluding carboxylic acids is 1. The van der Waals surface area contributed by atoms with E-state index in [1.807, 2.05) is 4.90 Å². The van der Waals surface area contributed by atoms with Gasteiger partial charge in [-0.05, 0) is 47.7 Å². The third-order valence-electron chi connectivity index (χ3n) is 5.25. The Hall–Kier alpha value is -1.47. The Morgan fingerprint density at radius 1 is 1.19 bits per heavy atom. The molecule has 0 saturated carbocycles. The molecule has 2 aliphatic heterocycles. The van der Waals surface area contributed by atoms with Crippen molar-refractivity contribution in [1.29, 1.82) is 0 Å². The average Bonchev–Trinajstić information content (AvgIpc) is 2.91. The quantitative estimate of drug-likeness (QED) is 0.668. The zero-order chi connectivity index (χ0) is 18.1. The summed E-state index contributed by atoms with van der Waals surface area (Å²) in [6, 6.07) is 1.74. The largest absolute Gasteiger partial charge is 0.338 e. The molecule has 0 aliphatic carbocycles. The predicted molar refractivity (Wildman–Crippen MR) is 102 cm³/mol. The number of hydrogen-bond donors (Lipinski definition) is 0. The Morgan fingerprint density at radius 3 is 2.96 bits per heavy atom. The van der Waals surface area contributed by atoms with Crippen LogP contribution in [0, 0.1) is 0 Å². The minimum absolute atomic E-state index is 0.0656. The van der Waals surface area contributed by atoms with Crippen LogP contribution in [0.5, 0.6) is 0 Å². The minimum Gasteiger partial charge on any atom is -0.338 e. The molecule has 1 unspecified atom stereocenters. The fraction of sp³-hybridized carbons (Fsp3) is 0.556. The van der Waals surface area contributed by atoms with Gasteiger partial charge in [0.1, 0.15) is 16.8 Å². The Morgan fingerprint density at radius 2 is 2.08 bits per heavy atom. The number of pyridine rings is 1. The van der Waals surface area contributed by atoms with E-state index >= 15 is 0 Å². The average molecular weight is 439 g/mol. The van der Waals surface area contributed by atoms with Gasteiger partial charge in [0, 0.05) is 42.6 Å². The van der Waals surface area contributed by atoms with Gasteiger partial charge < -0.3 is 9.47 Å². The Kier molecular flexibility index (Phi) is 5.27. The van der Waals surface area contributed by atoms with Crippen molar-refractivity contribution in [3.8, 4) is 0 Å². The van der Waals surface area contributed by atoms with Gasteiger partial charge in [-0.15, -0.1) is 10.2 Å². The Balaban J connectivity index is 1.56. The lowest BCUT2D eigenvalue weighted by Gasteiger charge is -2.32. The van der Waals surface area contributed by atoms with Crippen LogP contribution < -0.4 is 0 Å². The van der Waals surface area contributed by atoms with Crippen molar-refractivity contribution in [1.82, 2.24) is 24.6 Å². The summed E-state index contributed by atoms with van der Waals surface area (Å²) < 4.78 is 3.04. The van der Waals surface area contributed by atoms with E-state index in [1.54, 1.807) is 12.3 Å². The topological polar surface area (TPSA) is 63.9 Å². The summed E-state index contributed by atoms with van der Waals surface area (Å²) in [5, 5.41) is 9.16. The molecule has 1 atom stereocenters. The SMILES string of the molecule is O=C(c1cc(Br)cnc1Cl)N1CCCC(c2nnc3n2CCCCC3)C1. The van der Waals surface area contributed by atoms with E-state index in [1.165, 1.54) is 19.3 Å². The number of amides is 1. The number of likely N-dealkylation sites (tertiary alicyclic amines) is 1. The molecule has 8 heteroatoms. The smallest absolute Gasteiger partial charge is 0.257 e. The van der Waals surface area contributed by atoms with Crippen LogP contribution in [-0.4, -0.2) is 43.6 Å². The highest BCUT2D eigenvalue weighted by Gasteiger charge is 2.30. The highest BCUT2D eigenvalue weighted by molar-refractivity contribution is 9.10. The van der Waals surface area contributed by atoms with Crippen molar-refractivity contribution in [2.75, 3.05) is 13.1 Å². The number of halogens is 2. The lowest BCUT2D eigenvalue weighted by atomic mass is 9.96. The summed E-state index contributed by atoms with van der Waals surface area (Å²) in [4.78, 5) is 18.9. The molecular formula is C18H21BrClN5O. The first-order valence-corrected chi connectivity index (χ1v) is 10.3. The third-order valence-corrected chi connectivity index (χ3v) is 5.98. The molecule has 26 heavy (non-hydrogen) atoms. The predicted octanol–water partition coefficient (Wildman–Crippen LogP) is 3.84. The molecule has 2 aliphatic rings. The number of rotatable bonds is 2. The van der Waals surface area contributed by atoms with E-state index in [9.17, 15) is 4.79 Å². The van der Waals surface area contributed by atoms with Crippen LogP contribution in [0.4, 0.5) is 0 Å². The summed E-state index contributed by atoms with van der Waals surface area (Å²) in [5.74, 6) is 2.30. The van der Waals surface area contributed by atoms with E-state index in [2.05, 4.69) is 35.7 Å². The lowest BCUT2D eigenvalue weighted by molar-refractivity contribution is 0.0702. The van der Waals surface area contributed by atoms with Crippen molar-refractivity contribution in [3.63, 3.8) is 0 Å². The fourth-order valence-electron chi connectivity index (χ4n) is 3.92. The van der Waals surface area contributed by atoms with Gasteiger partial charge in [-0.1, -0.05) is 18.0 Å². The number of carbonyl (C=O) groups is 1. The third kappa shape index (κ3) is 3.51. The number of fused-ring (bicyclic) bond motifs is 1. The summed E-state index contributed by atoms with van der Waals surface area (Å²) in [5.41, 5.74) is 0.446. The first kappa shape index (κ1) is 17.9. The summed E-state index contributed by atoms with van der Waals surface area (Å²) in [6.07, 6.45) is 8.19. The minimum atomic E-state index is -0.0656. The molecule has 2 aromatic heterocycles. The molecule has 4 rings (SSSR count). The molecule has 4 heterocycles. The molecule has 6 nitrogen and oxygen atoms in total. The first-order chi connectivity index (χ1) is 12.6. The van der Waals surface area contributed by atoms with Crippen LogP contribution in [0.25, 0.3) is 0 Å². The van der Waals surface area contributed by atoms with E-state index in [0.29, 0.717) is 12.1 Å². The summed E-state index contributed by atoms with van der Waals surface area (Å²) in [6.45, 7) is 2.38. The van der Waals surface area contributed by atoms with Crippen LogP contribution in [0.2, 0.25) is 5.15 Å². The highest BCUT2D eigenvalue weighted by atomic mass is 79.9. The van der Waals surface area contributed by atoms with Gasteiger partial charge in [0.2, 0.25) is 0 Å². The van der Waals surface area contributed by atoms with Gasteiger partial charge in [0.15, 0.2) is 0 Å². The van der Waals surface area contributed by atoms with Crippen LogP contribution in [-0.2, 0) is 13.0 Å². The van der Waals surface area contributed by atoms with Crippen molar-refractivity contribution >= 4 is 33.4 Å². The molecule has 0 bridgehead atoms. The molecule has 1 saturated heterocycles. The van der Waals surface area contributed by atoms with Gasteiger partial charge in [-0.2, -0.15) is 0 Å². The molecule has 0 N–H and O–H groups in total. The number of nitrogens with zero attached hydrogens (tertiary/aromatic N) is 5. The second-order valence-corrected chi connectivity index (χ2v) is 8.29. The highest BCUT2D eigenvalue weighted by Crippen LogP contribution is 2.29. The second kappa shape index (κ2) is 7.64. The van der Waals surface area contributed by atoms with E-state index in [-0.39, 0.29) is 17.0 Å². The van der Waals surface area contributed by atoms with Crippen LogP contribution in [0.1, 0.15) is 60.0 Å². The monoisotopic (exact) mass is 437 g/mol. The molecule has 138 valence electrons. The number of aromatic nitrogens is 4. The normalized spacial score (nSPS) is 20.5. The van der Waals surface area contributed by atoms with Crippen molar-refractivity contribution in [2.24, 2.45) is 0 Å². The maximum absolute atomic E-state index is 13.0. The molecule has 0 spiro atoms. The maximum Gasteiger partial charge on any atom is 0.257 e. The van der Waals surface area contributed by atoms with E-state index in [4.69, 9.17) is 11.6 Å². The zero-order valence-electron chi connectivity index (χ0n) is 14.5. The van der Waals surface area contributed by atoms with Gasteiger partial charge in [0.05, 0.1) is 5.56 Å². The van der Waals surface area contributed by atoms with Crippen molar-refractivity contribution in [3.05, 3.63) is 39.1 Å². The lowest BCUT2D eigenvalue weighted by Crippen LogP contribution is -2.40. The zero-order valence-corrected chi connectivity index (χ0v) is 16.8. The molecular weight excluding hydrogens is 418 g/mol.